The van der Waals surface area contributed by atoms with Gasteiger partial charge in [0.1, 0.15) is 6.61 Å². The van der Waals surface area contributed by atoms with E-state index in [1.54, 1.807) is 18.9 Å². The zero-order chi connectivity index (χ0) is 29.4. The van der Waals surface area contributed by atoms with Crippen molar-refractivity contribution < 1.29 is 19.1 Å². The highest BCUT2D eigenvalue weighted by Gasteiger charge is 2.69. The molecule has 3 aromatic carbocycles. The maximum Gasteiger partial charge on any atom is 0.305 e. The Morgan fingerprint density at radius 2 is 1.72 bits per heavy atom. The maximum atomic E-state index is 13.9. The number of ether oxygens (including phenoxy) is 2. The molecule has 3 heterocycles. The van der Waals surface area contributed by atoms with Gasteiger partial charge >= 0.3 is 4.87 Å². The van der Waals surface area contributed by atoms with Crippen molar-refractivity contribution in [3.63, 3.8) is 0 Å². The molecular formula is C33H27ClN2O5S2. The molecule has 7 nitrogen and oxygen atoms in total. The predicted octanol–water partition coefficient (Wildman–Crippen LogP) is 6.36. The smallest absolute Gasteiger partial charge is 0.305 e. The summed E-state index contributed by atoms with van der Waals surface area (Å²) in [6.07, 6.45) is 0.839. The molecule has 10 heteroatoms. The highest BCUT2D eigenvalue weighted by Crippen LogP contribution is 2.68. The van der Waals surface area contributed by atoms with Crippen LogP contribution < -0.4 is 19.2 Å². The van der Waals surface area contributed by atoms with Crippen LogP contribution in [0.25, 0.3) is 0 Å². The monoisotopic (exact) mass is 630 g/mol. The number of amides is 2. The van der Waals surface area contributed by atoms with Gasteiger partial charge in [0.15, 0.2) is 11.5 Å². The third-order valence-electron chi connectivity index (χ3n) is 9.57. The van der Waals surface area contributed by atoms with Gasteiger partial charge in [-0.15, -0.1) is 11.8 Å². The lowest BCUT2D eigenvalue weighted by Crippen LogP contribution is -2.42. The number of nitrogens with one attached hydrogen (secondary N) is 1. The highest BCUT2D eigenvalue weighted by atomic mass is 35.5. The van der Waals surface area contributed by atoms with Crippen LogP contribution in [0, 0.1) is 29.6 Å². The highest BCUT2D eigenvalue weighted by molar-refractivity contribution is 8.00. The first-order valence-corrected chi connectivity index (χ1v) is 16.4. The molecule has 3 fully saturated rings. The van der Waals surface area contributed by atoms with Crippen LogP contribution in [0.1, 0.15) is 28.3 Å². The minimum Gasteiger partial charge on any atom is -0.493 e. The van der Waals surface area contributed by atoms with Gasteiger partial charge in [-0.1, -0.05) is 59.3 Å². The SMILES string of the molecule is COc1cc([C@H]2c3sc(=O)[nH]c3SC3C4CC(C5C(=O)N(c6ccccc6)C(=O)C45)C32)ccc1OCc1cccc(Cl)c1. The molecule has 7 atom stereocenters. The Bertz CT molecular complexity index is 1820. The molecule has 0 spiro atoms. The molecule has 6 unspecified atom stereocenters. The number of hydrogen-bond donors (Lipinski definition) is 1. The number of anilines is 1. The Hall–Kier alpha value is -3.53. The first-order valence-electron chi connectivity index (χ1n) is 14.3. The van der Waals surface area contributed by atoms with E-state index in [0.29, 0.717) is 28.8 Å². The van der Waals surface area contributed by atoms with Crippen LogP contribution in [0.3, 0.4) is 0 Å². The molecule has 4 aliphatic rings. The summed E-state index contributed by atoms with van der Waals surface area (Å²) in [5.74, 6) is 0.464. The number of fused-ring (bicyclic) bond motifs is 9. The van der Waals surface area contributed by atoms with E-state index < -0.39 is 0 Å². The first kappa shape index (κ1) is 27.0. The van der Waals surface area contributed by atoms with Gasteiger partial charge in [0.25, 0.3) is 0 Å². The van der Waals surface area contributed by atoms with Crippen molar-refractivity contribution in [2.45, 2.75) is 29.2 Å². The molecular weight excluding hydrogens is 604 g/mol. The Morgan fingerprint density at radius 3 is 2.49 bits per heavy atom. The number of H-pyrrole nitrogens is 1. The minimum atomic E-state index is -0.346. The number of halogens is 1. The standard InChI is InChI=1S/C33H27ClN2O5S2/c1-40-23-13-17(10-11-22(23)41-15-16-6-5-7-18(34)12-16)24-25-20-14-21(28(25)42-30-29(24)43-33(39)35-30)27-26(20)31(37)36(32(27)38)19-8-3-2-4-9-19/h2-13,20-21,24-28H,14-15H2,1H3,(H,35,39)/t20?,21?,24-,25?,26?,27?,28?/m1/s1. The van der Waals surface area contributed by atoms with Gasteiger partial charge in [0, 0.05) is 21.1 Å². The molecule has 0 radical (unpaired) electrons. The maximum absolute atomic E-state index is 13.9. The fourth-order valence-electron chi connectivity index (χ4n) is 8.01. The minimum absolute atomic E-state index is 0.0396. The number of rotatable bonds is 6. The number of thioether (sulfide) groups is 1. The second-order valence-corrected chi connectivity index (χ2v) is 14.3. The van der Waals surface area contributed by atoms with Crippen LogP contribution in [0.2, 0.25) is 5.02 Å². The van der Waals surface area contributed by atoms with E-state index in [0.717, 1.165) is 27.5 Å². The average molecular weight is 631 g/mol. The molecule has 2 aliphatic heterocycles. The molecule has 2 bridgehead atoms. The quantitative estimate of drug-likeness (QED) is 0.250. The molecule has 1 N–H and O–H groups in total. The number of methoxy groups -OCH3 is 1. The molecule has 1 saturated heterocycles. The van der Waals surface area contributed by atoms with Crippen LogP contribution in [0.15, 0.2) is 82.6 Å². The van der Waals surface area contributed by atoms with Crippen molar-refractivity contribution in [1.82, 2.24) is 4.98 Å². The third kappa shape index (κ3) is 4.19. The Kier molecular flexibility index (Phi) is 6.47. The summed E-state index contributed by atoms with van der Waals surface area (Å²) in [6, 6.07) is 22.8. The summed E-state index contributed by atoms with van der Waals surface area (Å²) >= 11 is 9.07. The van der Waals surface area contributed by atoms with Crippen LogP contribution in [-0.2, 0) is 16.2 Å². The van der Waals surface area contributed by atoms with E-state index in [1.165, 1.54) is 16.2 Å². The van der Waals surface area contributed by atoms with E-state index in [9.17, 15) is 14.4 Å². The number of para-hydroxylation sites is 1. The van der Waals surface area contributed by atoms with E-state index in [4.69, 9.17) is 21.1 Å². The molecule has 2 aliphatic carbocycles. The number of aromatic nitrogens is 1. The number of aromatic amines is 1. The zero-order valence-corrected chi connectivity index (χ0v) is 25.5. The third-order valence-corrected chi connectivity index (χ3v) is 12.4. The van der Waals surface area contributed by atoms with E-state index in [1.807, 2.05) is 72.8 Å². The molecule has 218 valence electrons. The molecule has 8 rings (SSSR count). The van der Waals surface area contributed by atoms with Gasteiger partial charge in [-0.25, -0.2) is 0 Å². The van der Waals surface area contributed by atoms with E-state index in [2.05, 4.69) is 4.98 Å². The summed E-state index contributed by atoms with van der Waals surface area (Å²) in [6.45, 7) is 0.339. The lowest BCUT2D eigenvalue weighted by Gasteiger charge is -2.43. The first-order chi connectivity index (χ1) is 20.9. The molecule has 1 aromatic heterocycles. The molecule has 43 heavy (non-hydrogen) atoms. The van der Waals surface area contributed by atoms with Crippen LogP contribution >= 0.6 is 34.7 Å². The zero-order valence-electron chi connectivity index (χ0n) is 23.1. The second-order valence-electron chi connectivity index (χ2n) is 11.6. The average Bonchev–Trinajstić information content (AvgIpc) is 3.75. The van der Waals surface area contributed by atoms with Crippen molar-refractivity contribution in [2.75, 3.05) is 12.0 Å². The topological polar surface area (TPSA) is 88.7 Å². The number of carbonyl (C=O) groups excluding carboxylic acids is 2. The lowest BCUT2D eigenvalue weighted by molar-refractivity contribution is -0.123. The fraction of sp³-hybridized carbons (Fsp3) is 0.303. The van der Waals surface area contributed by atoms with Crippen molar-refractivity contribution in [2.24, 2.45) is 29.6 Å². The Labute approximate surface area is 261 Å². The number of benzene rings is 3. The largest absolute Gasteiger partial charge is 0.493 e. The Balaban J connectivity index is 1.15. The van der Waals surface area contributed by atoms with Gasteiger partial charge in [-0.05, 0) is 71.7 Å². The van der Waals surface area contributed by atoms with Gasteiger partial charge in [0.05, 0.1) is 29.7 Å². The van der Waals surface area contributed by atoms with E-state index >= 15 is 0 Å². The number of hydrogen-bond acceptors (Lipinski definition) is 7. The summed E-state index contributed by atoms with van der Waals surface area (Å²) < 4.78 is 11.9. The molecule has 2 amide bonds. The summed E-state index contributed by atoms with van der Waals surface area (Å²) in [4.78, 5) is 45.7. The van der Waals surface area contributed by atoms with Crippen LogP contribution in [-0.4, -0.2) is 29.2 Å². The Morgan fingerprint density at radius 1 is 0.930 bits per heavy atom. The van der Waals surface area contributed by atoms with Crippen molar-refractivity contribution in [3.8, 4) is 11.5 Å². The van der Waals surface area contributed by atoms with Crippen LogP contribution in [0.5, 0.6) is 11.5 Å². The summed E-state index contributed by atoms with van der Waals surface area (Å²) in [5, 5.41) is 1.64. The van der Waals surface area contributed by atoms with Gasteiger partial charge in [-0.3, -0.25) is 19.3 Å². The molecule has 4 aromatic rings. The number of carbonyl (C=O) groups is 2. The lowest BCUT2D eigenvalue weighted by atomic mass is 9.68. The van der Waals surface area contributed by atoms with Crippen molar-refractivity contribution in [3.05, 3.63) is 103 Å². The predicted molar refractivity (Wildman–Crippen MR) is 166 cm³/mol. The normalized spacial score (nSPS) is 28.5. The molecule has 2 saturated carbocycles. The van der Waals surface area contributed by atoms with Gasteiger partial charge < -0.3 is 14.5 Å². The fourth-order valence-corrected chi connectivity index (χ4v) is 11.1. The number of imide groups is 1. The van der Waals surface area contributed by atoms with Crippen LogP contribution in [0.4, 0.5) is 5.69 Å². The van der Waals surface area contributed by atoms with Gasteiger partial charge in [-0.2, -0.15) is 0 Å². The van der Waals surface area contributed by atoms with Crippen molar-refractivity contribution >= 4 is 52.2 Å². The second kappa shape index (κ2) is 10.3. The number of nitrogens with zero attached hydrogens (tertiary/aromatic N) is 1. The number of thiazole rings is 1. The van der Waals surface area contributed by atoms with Gasteiger partial charge in [0.2, 0.25) is 11.8 Å². The van der Waals surface area contributed by atoms with Crippen molar-refractivity contribution in [1.29, 1.82) is 0 Å². The summed E-state index contributed by atoms with van der Waals surface area (Å²) in [7, 11) is 1.62. The van der Waals surface area contributed by atoms with E-state index in [-0.39, 0.29) is 57.4 Å². The summed E-state index contributed by atoms with van der Waals surface area (Å²) in [5.41, 5.74) is 2.60.